The van der Waals surface area contributed by atoms with Gasteiger partial charge in [0.15, 0.2) is 11.3 Å². The van der Waals surface area contributed by atoms with Gasteiger partial charge in [-0.1, -0.05) is 58.0 Å². The number of nitro groups is 2. The first-order chi connectivity index (χ1) is 44.9. The molecule has 95 heavy (non-hydrogen) atoms. The Morgan fingerprint density at radius 3 is 1.48 bits per heavy atom. The van der Waals surface area contributed by atoms with E-state index < -0.39 is 9.85 Å². The summed E-state index contributed by atoms with van der Waals surface area (Å²) in [6.45, 7) is 11.6. The number of aryl methyl sites for hydroxylation is 2. The zero-order valence-electron chi connectivity index (χ0n) is 51.6. The topological polar surface area (TPSA) is 334 Å². The Morgan fingerprint density at radius 1 is 0.558 bits per heavy atom. The van der Waals surface area contributed by atoms with Gasteiger partial charge in [-0.05, 0) is 171 Å². The first-order valence-corrected chi connectivity index (χ1v) is 30.5. The third-order valence-corrected chi connectivity index (χ3v) is 16.1. The molecule has 32 heteroatoms. The second kappa shape index (κ2) is 31.9. The van der Waals surface area contributed by atoms with E-state index in [4.69, 9.17) is 73.8 Å². The summed E-state index contributed by atoms with van der Waals surface area (Å²) in [5, 5.41) is 37.0. The summed E-state index contributed by atoms with van der Waals surface area (Å²) in [4.78, 5) is 96.5. The third kappa shape index (κ3) is 17.1. The van der Waals surface area contributed by atoms with Crippen LogP contribution in [0.25, 0.3) is 33.7 Å². The molecule has 4 aromatic carbocycles. The molecule has 4 aliphatic heterocycles. The van der Waals surface area contributed by atoms with Crippen molar-refractivity contribution in [1.82, 2.24) is 39.0 Å². The summed E-state index contributed by atoms with van der Waals surface area (Å²) in [6.07, 6.45) is 3.58. The molecule has 0 aliphatic carbocycles. The van der Waals surface area contributed by atoms with E-state index in [9.17, 15) is 34.6 Å². The number of pyridine rings is 4. The minimum atomic E-state index is -0.619. The van der Waals surface area contributed by atoms with Crippen LogP contribution in [0, 0.1) is 34.1 Å². The summed E-state index contributed by atoms with van der Waals surface area (Å²) in [6, 6.07) is 36.1. The Balaban J connectivity index is 0.000000153. The van der Waals surface area contributed by atoms with Gasteiger partial charge < -0.3 is 41.2 Å². The molecule has 0 bridgehead atoms. The molecule has 0 spiro atoms. The van der Waals surface area contributed by atoms with Gasteiger partial charge in [0.05, 0.1) is 9.85 Å². The van der Waals surface area contributed by atoms with Crippen molar-refractivity contribution in [2.45, 2.75) is 60.3 Å². The molecule has 0 atom stereocenters. The number of anilines is 7. The number of hydrogen-bond acceptors (Lipinski definition) is 19. The van der Waals surface area contributed by atoms with E-state index in [2.05, 4.69) is 74.3 Å². The van der Waals surface area contributed by atoms with Gasteiger partial charge in [0.25, 0.3) is 6.47 Å². The molecule has 10 aromatic rings. The number of fused-ring (bicyclic) bond motifs is 6. The predicted octanol–water partition coefficient (Wildman–Crippen LogP) is 8.85. The Hall–Kier alpha value is -9.09. The van der Waals surface area contributed by atoms with Gasteiger partial charge in [-0.15, -0.1) is 0 Å². The van der Waals surface area contributed by atoms with E-state index in [1.54, 1.807) is 41.8 Å². The normalized spacial score (nSPS) is 12.6. The molecule has 10 heterocycles. The summed E-state index contributed by atoms with van der Waals surface area (Å²) >= 11 is 28.7. The van der Waals surface area contributed by atoms with Crippen molar-refractivity contribution in [2.75, 3.05) is 57.2 Å². The average Bonchev–Trinajstić information content (AvgIpc) is 1.65. The van der Waals surface area contributed by atoms with E-state index in [1.807, 2.05) is 77.9 Å². The molecular formula is C63H56Cl5N16NaO10. The van der Waals surface area contributed by atoms with E-state index >= 15 is 0 Å². The minimum absolute atomic E-state index is 0. The average molecular weight is 1400 g/mol. The Labute approximate surface area is 589 Å². The first kappa shape index (κ1) is 71.8. The zero-order chi connectivity index (χ0) is 67.7. The van der Waals surface area contributed by atoms with Crippen LogP contribution in [0.4, 0.5) is 51.3 Å². The van der Waals surface area contributed by atoms with Crippen LogP contribution in [0.1, 0.15) is 54.7 Å². The van der Waals surface area contributed by atoms with Crippen molar-refractivity contribution in [2.24, 2.45) is 0 Å². The molecule has 0 unspecified atom stereocenters. The summed E-state index contributed by atoms with van der Waals surface area (Å²) in [5.74, 6) is 2.04. The van der Waals surface area contributed by atoms with Crippen LogP contribution in [-0.4, -0.2) is 99.3 Å². The number of benzene rings is 4. The molecule has 26 nitrogen and oxygen atoms in total. The fourth-order valence-electron chi connectivity index (χ4n) is 10.9. The van der Waals surface area contributed by atoms with Crippen molar-refractivity contribution >= 4 is 156 Å². The summed E-state index contributed by atoms with van der Waals surface area (Å²) in [5.41, 5.74) is 20.8. The van der Waals surface area contributed by atoms with Crippen LogP contribution in [0.2, 0.25) is 25.8 Å². The van der Waals surface area contributed by atoms with Gasteiger partial charge in [-0.2, -0.15) is 0 Å². The molecular weight excluding hydrogens is 1340 g/mol. The molecule has 0 fully saturated rings. The monoisotopic (exact) mass is 1390 g/mol. The summed E-state index contributed by atoms with van der Waals surface area (Å²) in [7, 11) is 0. The molecule has 0 radical (unpaired) electrons. The van der Waals surface area contributed by atoms with E-state index in [1.165, 1.54) is 53.6 Å². The van der Waals surface area contributed by atoms with E-state index in [-0.39, 0.29) is 86.4 Å². The first-order valence-electron chi connectivity index (χ1n) is 28.6. The van der Waals surface area contributed by atoms with E-state index in [0.29, 0.717) is 22.5 Å². The summed E-state index contributed by atoms with van der Waals surface area (Å²) < 4.78 is 4.05. The molecule has 0 saturated heterocycles. The number of carbonyl (C=O) groups is 4. The minimum Gasteiger partial charge on any atom is -0.662 e. The number of imidazole rings is 2. The number of nitrogens with zero attached hydrogens (tertiary/aromatic N) is 13. The van der Waals surface area contributed by atoms with Crippen molar-refractivity contribution in [1.29, 1.82) is 0 Å². The Morgan fingerprint density at radius 2 is 0.989 bits per heavy atom. The Kier molecular flexibility index (Phi) is 24.1. The maximum absolute atomic E-state index is 11.7. The second-order valence-corrected chi connectivity index (χ2v) is 23.0. The zero-order valence-corrected chi connectivity index (χ0v) is 57.4. The number of amides is 3. The molecule has 6 aromatic heterocycles. The van der Waals surface area contributed by atoms with Crippen molar-refractivity contribution in [3.05, 3.63) is 201 Å². The van der Waals surface area contributed by atoms with Gasteiger partial charge >= 0.3 is 40.9 Å². The number of aromatic nitrogens is 8. The molecule has 14 rings (SSSR count). The quantitative estimate of drug-likeness (QED) is 0.0255. The van der Waals surface area contributed by atoms with Crippen molar-refractivity contribution < 1.29 is 68.7 Å². The van der Waals surface area contributed by atoms with Crippen molar-refractivity contribution in [3.8, 4) is 11.4 Å². The third-order valence-electron chi connectivity index (χ3n) is 15.0. The van der Waals surface area contributed by atoms with Crippen LogP contribution < -0.4 is 65.9 Å². The van der Waals surface area contributed by atoms with Crippen LogP contribution in [0.5, 0.6) is 0 Å². The second-order valence-electron chi connectivity index (χ2n) is 21.0. The van der Waals surface area contributed by atoms with Gasteiger partial charge in [0.2, 0.25) is 28.7 Å². The standard InChI is InChI=1S/C17H15ClN4O.C15H13ClN4O3.C15H13ClN4.C10H12N2O.C5H2Cl2N2O2.CH2O3.Na/c1-10-19-14-4-6-16(18)20-17(14)22(10)13-3-5-15-12(9-13)7-8-21(15)11(2)23;1-9(21)19-7-6-10-8-11(2-3-12(10)19)17-15-13(20(22)23)4-5-14(16)18-15;1-9-18-13-4-5-14(16)19-15(13)20(9)11-2-3-12-10(8-11)6-7-17-12;1-7(13)12-5-4-8-6-9(11)2-3-10(8)12;6-4-2-1-3(9(10)11)5(7)8-4;2-1-4-3;/h3-6,9H,7-8H2,1-2H3;2-5,8H,6-7H2,1H3,(H,17,18);2-5,8,17H,6-7H2,1H3;2-3,6H,4-5,11H2,1H3;1-2H;1,3H;/q;;;;;;+1/p-1. The maximum Gasteiger partial charge on any atom is 1.00 e. The molecule has 4 N–H and O–H groups in total. The SMILES string of the molecule is CC(=O)N1CCc2cc(-n3c(C)nc4ccc(Cl)nc43)ccc21.CC(=O)N1CCc2cc(N)ccc21.CC(=O)N1CCc2cc(Nc3nc(Cl)ccc3[N+](=O)[O-])ccc21.Cc1nc2ccc(Cl)nc2n1-c1ccc2c(c1)CCN2.O=CO[O-].O=[N+]([O-])c1ccc(Cl)nc1Cl.[Na+]. The van der Waals surface area contributed by atoms with Gasteiger partial charge in [-0.25, -0.2) is 29.9 Å². The van der Waals surface area contributed by atoms with Gasteiger partial charge in [0, 0.05) is 105 Å². The number of halogens is 5. The Bertz CT molecular complexity index is 4600. The number of nitrogens with one attached hydrogen (secondary N) is 2. The molecule has 3 amide bonds. The smallest absolute Gasteiger partial charge is 0.662 e. The molecule has 4 aliphatic rings. The van der Waals surface area contributed by atoms with Gasteiger partial charge in [-0.3, -0.25) is 48.5 Å². The number of nitrogen functional groups attached to an aromatic ring is 1. The van der Waals surface area contributed by atoms with Crippen LogP contribution in [-0.2, 0) is 49.7 Å². The number of hydrogen-bond donors (Lipinski definition) is 3. The van der Waals surface area contributed by atoms with E-state index in [0.717, 1.165) is 119 Å². The van der Waals surface area contributed by atoms with Gasteiger partial charge in [0.1, 0.15) is 43.3 Å². The van der Waals surface area contributed by atoms with Crippen LogP contribution in [0.3, 0.4) is 0 Å². The molecule has 484 valence electrons. The molecule has 0 saturated carbocycles. The van der Waals surface area contributed by atoms with Crippen LogP contribution in [0.15, 0.2) is 121 Å². The number of nitrogens with two attached hydrogens (primary N) is 1. The number of rotatable bonds is 7. The number of carbonyl (C=O) groups excluding carboxylic acids is 4. The van der Waals surface area contributed by atoms with Crippen molar-refractivity contribution in [3.63, 3.8) is 0 Å². The maximum atomic E-state index is 11.7. The fourth-order valence-corrected chi connectivity index (χ4v) is 11.7. The predicted molar refractivity (Wildman–Crippen MR) is 359 cm³/mol. The van der Waals surface area contributed by atoms with Crippen LogP contribution >= 0.6 is 58.0 Å². The largest absolute Gasteiger partial charge is 1.00 e. The fraction of sp³-hybridized carbons (Fsp3) is 0.206.